The van der Waals surface area contributed by atoms with Crippen molar-refractivity contribution in [1.82, 2.24) is 5.32 Å². The summed E-state index contributed by atoms with van der Waals surface area (Å²) in [7, 11) is 0. The van der Waals surface area contributed by atoms with Crippen LogP contribution in [0.3, 0.4) is 0 Å². The predicted molar refractivity (Wildman–Crippen MR) is 172 cm³/mol. The van der Waals surface area contributed by atoms with Gasteiger partial charge in [-0.25, -0.2) is 0 Å². The molecule has 5 rings (SSSR count). The molecule has 0 aromatic rings. The lowest BCUT2D eigenvalue weighted by Gasteiger charge is -2.72. The van der Waals surface area contributed by atoms with Gasteiger partial charge in [0.15, 0.2) is 0 Å². The van der Waals surface area contributed by atoms with Crippen molar-refractivity contribution in [3.05, 3.63) is 11.6 Å². The molecule has 3 N–H and O–H groups in total. The van der Waals surface area contributed by atoms with Crippen LogP contribution in [0.4, 0.5) is 0 Å². The minimum Gasteiger partial charge on any atom is -0.465 e. The minimum absolute atomic E-state index is 0.0304. The van der Waals surface area contributed by atoms with Gasteiger partial charge in [-0.3, -0.25) is 14.4 Å². The molecule has 0 radical (unpaired) electrons. The monoisotopic (exact) mass is 629 g/mol. The van der Waals surface area contributed by atoms with Crippen molar-refractivity contribution in [1.29, 1.82) is 0 Å². The molecule has 12 atom stereocenters. The zero-order valence-corrected chi connectivity index (χ0v) is 29.3. The third-order valence-electron chi connectivity index (χ3n) is 14.8. The van der Waals surface area contributed by atoms with Gasteiger partial charge in [-0.05, 0) is 106 Å². The van der Waals surface area contributed by atoms with Crippen LogP contribution in [0.5, 0.6) is 0 Å². The minimum atomic E-state index is -1.04. The Kier molecular flexibility index (Phi) is 8.68. The molecule has 0 bridgehead atoms. The number of esters is 2. The largest absolute Gasteiger partial charge is 0.465 e. The van der Waals surface area contributed by atoms with Gasteiger partial charge in [0, 0.05) is 31.2 Å². The van der Waals surface area contributed by atoms with E-state index >= 15 is 0 Å². The topological polar surface area (TPSA) is 122 Å². The smallest absolute Gasteiger partial charge is 0.302 e. The number of allylic oxidation sites excluding steroid dienone is 1. The lowest BCUT2D eigenvalue weighted by Crippen LogP contribution is -2.69. The first-order chi connectivity index (χ1) is 20.8. The molecule has 5 aliphatic rings. The van der Waals surface area contributed by atoms with Gasteiger partial charge >= 0.3 is 11.9 Å². The normalized spacial score (nSPS) is 47.9. The third-order valence-corrected chi connectivity index (χ3v) is 14.8. The molecule has 254 valence electrons. The van der Waals surface area contributed by atoms with Gasteiger partial charge < -0.3 is 25.0 Å². The number of hydrogen-bond acceptors (Lipinski definition) is 7. The predicted octanol–water partition coefficient (Wildman–Crippen LogP) is 5.73. The van der Waals surface area contributed by atoms with E-state index in [1.54, 1.807) is 0 Å². The molecule has 0 aromatic heterocycles. The van der Waals surface area contributed by atoms with E-state index in [-0.39, 0.29) is 77.2 Å². The summed E-state index contributed by atoms with van der Waals surface area (Å²) < 4.78 is 11.6. The van der Waals surface area contributed by atoms with Crippen LogP contribution in [0.25, 0.3) is 0 Å². The molecule has 4 saturated carbocycles. The zero-order valence-electron chi connectivity index (χ0n) is 29.3. The zero-order chi connectivity index (χ0) is 33.4. The number of ether oxygens (including phenoxy) is 2. The van der Waals surface area contributed by atoms with E-state index in [1.165, 1.54) is 19.4 Å². The maximum absolute atomic E-state index is 14.2. The third kappa shape index (κ3) is 4.93. The van der Waals surface area contributed by atoms with Gasteiger partial charge in [-0.2, -0.15) is 0 Å². The van der Waals surface area contributed by atoms with Crippen molar-refractivity contribution in [2.45, 2.75) is 138 Å². The number of aliphatic hydroxyl groups excluding tert-OH is 1. The first-order valence-electron chi connectivity index (χ1n) is 17.5. The van der Waals surface area contributed by atoms with Gasteiger partial charge in [0.25, 0.3) is 0 Å². The maximum atomic E-state index is 14.2. The first kappa shape index (κ1) is 34.4. The Hall–Kier alpha value is -1.93. The number of fused-ring (bicyclic) bond motifs is 7. The fourth-order valence-electron chi connectivity index (χ4n) is 11.9. The second-order valence-electron chi connectivity index (χ2n) is 17.0. The molecular weight excluding hydrogens is 570 g/mol. The Bertz CT molecular complexity index is 1240. The molecule has 4 unspecified atom stereocenters. The summed E-state index contributed by atoms with van der Waals surface area (Å²) in [5.41, 5.74) is -1.34. The van der Waals surface area contributed by atoms with Crippen molar-refractivity contribution >= 4 is 17.8 Å². The average Bonchev–Trinajstić information content (AvgIpc) is 2.95. The van der Waals surface area contributed by atoms with E-state index in [4.69, 9.17) is 9.47 Å². The van der Waals surface area contributed by atoms with E-state index in [2.05, 4.69) is 46.0 Å². The highest BCUT2D eigenvalue weighted by atomic mass is 16.6. The molecule has 4 fully saturated rings. The Morgan fingerprint density at radius 2 is 1.64 bits per heavy atom. The lowest BCUT2D eigenvalue weighted by molar-refractivity contribution is -0.230. The number of carbonyl (C=O) groups excluding carboxylic acids is 3. The summed E-state index contributed by atoms with van der Waals surface area (Å²) in [6.07, 6.45) is 9.62. The van der Waals surface area contributed by atoms with Crippen LogP contribution in [0.2, 0.25) is 0 Å². The van der Waals surface area contributed by atoms with Crippen molar-refractivity contribution in [3.63, 3.8) is 0 Å². The van der Waals surface area contributed by atoms with Gasteiger partial charge in [0.05, 0.1) is 17.6 Å². The summed E-state index contributed by atoms with van der Waals surface area (Å²) in [6, 6.07) is -0.342. The maximum Gasteiger partial charge on any atom is 0.302 e. The van der Waals surface area contributed by atoms with E-state index < -0.39 is 16.4 Å². The van der Waals surface area contributed by atoms with Crippen molar-refractivity contribution in [3.8, 4) is 0 Å². The Labute approximate surface area is 270 Å². The summed E-state index contributed by atoms with van der Waals surface area (Å²) in [4.78, 5) is 38.4. The highest BCUT2D eigenvalue weighted by molar-refractivity contribution is 5.84. The molecule has 0 spiro atoms. The molecule has 0 heterocycles. The number of carbonyl (C=O) groups is 3. The van der Waals surface area contributed by atoms with Crippen molar-refractivity contribution in [2.75, 3.05) is 13.2 Å². The van der Waals surface area contributed by atoms with Crippen LogP contribution < -0.4 is 5.32 Å². The fraction of sp³-hybridized carbons (Fsp3) is 0.865. The van der Waals surface area contributed by atoms with Crippen LogP contribution in [0, 0.1) is 50.7 Å². The van der Waals surface area contributed by atoms with E-state index in [0.29, 0.717) is 12.3 Å². The lowest BCUT2D eigenvalue weighted by atomic mass is 9.33. The number of hydrogen-bond donors (Lipinski definition) is 3. The molecule has 0 aromatic carbocycles. The van der Waals surface area contributed by atoms with E-state index in [9.17, 15) is 24.6 Å². The van der Waals surface area contributed by atoms with Crippen molar-refractivity contribution in [2.24, 2.45) is 50.7 Å². The summed E-state index contributed by atoms with van der Waals surface area (Å²) in [5.74, 6) is -0.347. The van der Waals surface area contributed by atoms with Gasteiger partial charge in [0.2, 0.25) is 5.91 Å². The molecule has 5 aliphatic carbocycles. The van der Waals surface area contributed by atoms with E-state index in [0.717, 1.165) is 51.4 Å². The van der Waals surface area contributed by atoms with Crippen LogP contribution in [-0.4, -0.2) is 59.0 Å². The molecular formula is C37H59NO7. The first-order valence-corrected chi connectivity index (χ1v) is 17.5. The average molecular weight is 630 g/mol. The Balaban J connectivity index is 1.58. The highest BCUT2D eigenvalue weighted by Gasteiger charge is 2.71. The van der Waals surface area contributed by atoms with Gasteiger partial charge in [-0.15, -0.1) is 0 Å². The second kappa shape index (κ2) is 11.4. The summed E-state index contributed by atoms with van der Waals surface area (Å²) in [6.45, 7) is 18.4. The summed E-state index contributed by atoms with van der Waals surface area (Å²) >= 11 is 0. The standard InChI is InChI=1S/C37H59NO7/c1-22-12-17-37(31(42)38-23(2)20-39)19-18-34(7)26(30(37)36(22,9)43)10-11-28-32(5)15-14-29(45-25(4)41)33(6,21-44-24(3)40)27(32)13-16-35(28,34)8/h10,22-23,27-30,39,43H,11-21H2,1-9H3,(H,38,42)/t22-,23?,27?,28?,29+,30?,32+,33+,34-,35-,36-,37+/m1/s1. The highest BCUT2D eigenvalue weighted by Crippen LogP contribution is 2.76. The van der Waals surface area contributed by atoms with Crippen LogP contribution in [-0.2, 0) is 23.9 Å². The number of aliphatic hydroxyl groups is 2. The molecule has 1 amide bonds. The van der Waals surface area contributed by atoms with Crippen LogP contribution in [0.15, 0.2) is 11.6 Å². The molecule has 8 nitrogen and oxygen atoms in total. The number of amides is 1. The van der Waals surface area contributed by atoms with Gasteiger partial charge in [-0.1, -0.05) is 46.3 Å². The SMILES string of the molecule is CC(=O)OC[C@@]1(C)C2CC[C@]3(C)C(CC=C4C5[C@](C(=O)NC(C)CO)(CC[C@@H](C)[C@@]5(C)O)CC[C@]43C)[C@@]2(C)CC[C@@H]1OC(C)=O. The van der Waals surface area contributed by atoms with Crippen LogP contribution in [0.1, 0.15) is 120 Å². The second-order valence-corrected chi connectivity index (χ2v) is 17.0. The molecule has 0 saturated heterocycles. The molecule has 0 aliphatic heterocycles. The number of nitrogens with one attached hydrogen (secondary N) is 1. The Morgan fingerprint density at radius 1 is 0.956 bits per heavy atom. The van der Waals surface area contributed by atoms with Crippen molar-refractivity contribution < 1.29 is 34.1 Å². The fourth-order valence-corrected chi connectivity index (χ4v) is 11.9. The number of rotatable bonds is 6. The molecule has 45 heavy (non-hydrogen) atoms. The molecule has 8 heteroatoms. The van der Waals surface area contributed by atoms with Gasteiger partial charge in [0.1, 0.15) is 12.7 Å². The van der Waals surface area contributed by atoms with E-state index in [1.807, 2.05) is 13.8 Å². The van der Waals surface area contributed by atoms with Crippen LogP contribution >= 0.6 is 0 Å². The quantitative estimate of drug-likeness (QED) is 0.253. The summed E-state index contributed by atoms with van der Waals surface area (Å²) in [5, 5.41) is 25.2. The Morgan fingerprint density at radius 3 is 2.27 bits per heavy atom.